The van der Waals surface area contributed by atoms with E-state index in [1.807, 2.05) is 60.4 Å². The molecule has 45 heavy (non-hydrogen) atoms. The van der Waals surface area contributed by atoms with Gasteiger partial charge in [-0.3, -0.25) is 19.4 Å². The number of likely N-dealkylation sites (tertiary alicyclic amines) is 1. The number of ether oxygens (including phenoxy) is 2. The highest BCUT2D eigenvalue weighted by Gasteiger charge is 2.34. The number of urea groups is 1. The molecule has 0 aliphatic carbocycles. The minimum Gasteiger partial charge on any atom is -0.457 e. The van der Waals surface area contributed by atoms with Gasteiger partial charge < -0.3 is 25.0 Å². The molecule has 2 aromatic carbocycles. The summed E-state index contributed by atoms with van der Waals surface area (Å²) in [5.41, 5.74) is 2.68. The van der Waals surface area contributed by atoms with E-state index in [0.29, 0.717) is 65.4 Å². The maximum absolute atomic E-state index is 13.7. The minimum absolute atomic E-state index is 0.0731. The van der Waals surface area contributed by atoms with Gasteiger partial charge in [0.1, 0.15) is 21.2 Å². The number of carbonyl (C=O) groups is 3. The normalized spacial score (nSPS) is 18.5. The summed E-state index contributed by atoms with van der Waals surface area (Å²) in [4.78, 5) is 51.5. The number of hydrogen-bond donors (Lipinski definition) is 2. The molecule has 5 heterocycles. The molecule has 2 aromatic heterocycles. The van der Waals surface area contributed by atoms with Gasteiger partial charge in [-0.25, -0.2) is 9.78 Å². The summed E-state index contributed by atoms with van der Waals surface area (Å²) in [6.07, 6.45) is 3.25. The molecule has 4 aromatic rings. The number of hydrogen-bond acceptors (Lipinski definition) is 8. The molecule has 0 saturated carbocycles. The van der Waals surface area contributed by atoms with E-state index in [1.165, 1.54) is 11.3 Å². The van der Waals surface area contributed by atoms with E-state index < -0.39 is 0 Å². The van der Waals surface area contributed by atoms with Crippen LogP contribution >= 0.6 is 11.3 Å². The number of amides is 4. The van der Waals surface area contributed by atoms with E-state index in [9.17, 15) is 14.4 Å². The summed E-state index contributed by atoms with van der Waals surface area (Å²) in [7, 11) is 0. The highest BCUT2D eigenvalue weighted by Crippen LogP contribution is 2.46. The van der Waals surface area contributed by atoms with Crippen molar-refractivity contribution in [2.75, 3.05) is 56.2 Å². The standard InChI is InChI=1S/C33H34N6O5S/c1-21-18-24(44-23-7-3-2-4-8-23)9-10-25(21)39-26-11-12-34-32-28(26)29(36-33(39)42)30(45-32)31(41)35-22-6-5-13-38(19-22)27(40)20-37-14-16-43-17-15-37/h2-4,7-12,18,22H,5-6,13-17,19-20H2,1H3,(H,35,41)(H,36,42). The third kappa shape index (κ3) is 5.96. The van der Waals surface area contributed by atoms with Crippen molar-refractivity contribution >= 4 is 56.5 Å². The predicted molar refractivity (Wildman–Crippen MR) is 173 cm³/mol. The van der Waals surface area contributed by atoms with Crippen molar-refractivity contribution in [3.63, 3.8) is 0 Å². The van der Waals surface area contributed by atoms with Crippen LogP contribution in [0.15, 0.2) is 60.8 Å². The number of nitrogens with zero attached hydrogens (tertiary/aromatic N) is 4. The molecule has 0 spiro atoms. The molecule has 2 fully saturated rings. The second kappa shape index (κ2) is 12.5. The first kappa shape index (κ1) is 29.2. The van der Waals surface area contributed by atoms with Crippen molar-refractivity contribution in [2.24, 2.45) is 0 Å². The number of aryl methyl sites for hydroxylation is 1. The summed E-state index contributed by atoms with van der Waals surface area (Å²) in [5, 5.41) is 6.84. The zero-order chi connectivity index (χ0) is 30.9. The van der Waals surface area contributed by atoms with Crippen molar-refractivity contribution in [3.05, 3.63) is 71.2 Å². The second-order valence-electron chi connectivity index (χ2n) is 11.5. The molecule has 1 unspecified atom stereocenters. The van der Waals surface area contributed by atoms with E-state index >= 15 is 0 Å². The van der Waals surface area contributed by atoms with E-state index in [4.69, 9.17) is 9.47 Å². The lowest BCUT2D eigenvalue weighted by Gasteiger charge is -2.35. The summed E-state index contributed by atoms with van der Waals surface area (Å²) in [6.45, 7) is 6.23. The van der Waals surface area contributed by atoms with E-state index in [1.54, 1.807) is 17.2 Å². The number of nitrogens with one attached hydrogen (secondary N) is 2. The van der Waals surface area contributed by atoms with Crippen LogP contribution in [-0.2, 0) is 9.53 Å². The zero-order valence-electron chi connectivity index (χ0n) is 25.0. The fraction of sp³-hybridized carbons (Fsp3) is 0.333. The van der Waals surface area contributed by atoms with Crippen molar-refractivity contribution in [1.29, 1.82) is 0 Å². The number of thiophene rings is 1. The lowest BCUT2D eigenvalue weighted by Crippen LogP contribution is -2.52. The predicted octanol–water partition coefficient (Wildman–Crippen LogP) is 5.13. The number of aromatic nitrogens is 1. The third-order valence-electron chi connectivity index (χ3n) is 8.41. The van der Waals surface area contributed by atoms with Crippen LogP contribution in [0.5, 0.6) is 11.5 Å². The number of para-hydroxylation sites is 1. The molecule has 2 saturated heterocycles. The number of anilines is 3. The highest BCUT2D eigenvalue weighted by molar-refractivity contribution is 7.21. The molecule has 0 radical (unpaired) electrons. The van der Waals surface area contributed by atoms with E-state index in [-0.39, 0.29) is 23.9 Å². The van der Waals surface area contributed by atoms with Gasteiger partial charge in [-0.2, -0.15) is 0 Å². The van der Waals surface area contributed by atoms with Crippen molar-refractivity contribution in [1.82, 2.24) is 20.1 Å². The topological polar surface area (TPSA) is 116 Å². The summed E-state index contributed by atoms with van der Waals surface area (Å²) in [6, 6.07) is 16.4. The number of rotatable bonds is 7. The number of pyridine rings is 1. The van der Waals surface area contributed by atoms with Gasteiger partial charge >= 0.3 is 6.03 Å². The lowest BCUT2D eigenvalue weighted by molar-refractivity contribution is -0.134. The Morgan fingerprint density at radius 3 is 2.69 bits per heavy atom. The average molecular weight is 627 g/mol. The fourth-order valence-corrected chi connectivity index (χ4v) is 7.20. The Bertz CT molecular complexity index is 1760. The number of benzene rings is 2. The smallest absolute Gasteiger partial charge is 0.331 e. The van der Waals surface area contributed by atoms with E-state index in [2.05, 4.69) is 20.5 Å². The van der Waals surface area contributed by atoms with Gasteiger partial charge in [-0.15, -0.1) is 11.3 Å². The highest BCUT2D eigenvalue weighted by atomic mass is 32.1. The Morgan fingerprint density at radius 2 is 1.89 bits per heavy atom. The van der Waals surface area contributed by atoms with Crippen molar-refractivity contribution in [3.8, 4) is 11.5 Å². The minimum atomic E-state index is -0.361. The molecule has 0 bridgehead atoms. The van der Waals surface area contributed by atoms with Crippen molar-refractivity contribution in [2.45, 2.75) is 25.8 Å². The first-order chi connectivity index (χ1) is 21.9. The van der Waals surface area contributed by atoms with Crippen LogP contribution in [-0.4, -0.2) is 84.6 Å². The van der Waals surface area contributed by atoms with Gasteiger partial charge in [-0.1, -0.05) is 18.2 Å². The Balaban J connectivity index is 1.09. The fourth-order valence-electron chi connectivity index (χ4n) is 6.17. The molecule has 12 heteroatoms. The van der Waals surface area contributed by atoms with Gasteiger partial charge in [0.25, 0.3) is 5.91 Å². The van der Waals surface area contributed by atoms with Crippen molar-refractivity contribution < 1.29 is 23.9 Å². The van der Waals surface area contributed by atoms with Gasteiger partial charge in [0.2, 0.25) is 5.91 Å². The first-order valence-electron chi connectivity index (χ1n) is 15.2. The summed E-state index contributed by atoms with van der Waals surface area (Å²) < 4.78 is 11.4. The monoisotopic (exact) mass is 626 g/mol. The lowest BCUT2D eigenvalue weighted by atomic mass is 10.0. The Morgan fingerprint density at radius 1 is 1.07 bits per heavy atom. The largest absolute Gasteiger partial charge is 0.457 e. The molecule has 3 aliphatic rings. The molecule has 232 valence electrons. The van der Waals surface area contributed by atoms with Crippen LogP contribution in [0.25, 0.3) is 10.2 Å². The van der Waals surface area contributed by atoms with Crippen LogP contribution in [0, 0.1) is 6.92 Å². The Hall–Kier alpha value is -4.52. The van der Waals surface area contributed by atoms with Crippen LogP contribution in [0.3, 0.4) is 0 Å². The maximum atomic E-state index is 13.7. The van der Waals surface area contributed by atoms with Crippen LogP contribution in [0.4, 0.5) is 21.9 Å². The molecular formula is C33H34N6O5S. The SMILES string of the molecule is Cc1cc(Oc2ccccc2)ccc1N1C(=O)Nc2c(C(=O)NC3CCCN(C(=O)CN4CCOCC4)C3)sc3nccc1c23. The molecule has 7 rings (SSSR count). The number of piperidine rings is 1. The maximum Gasteiger partial charge on any atom is 0.331 e. The van der Waals surface area contributed by atoms with Crippen LogP contribution < -0.4 is 20.3 Å². The first-order valence-corrected chi connectivity index (χ1v) is 16.0. The van der Waals surface area contributed by atoms with Gasteiger partial charge in [0.05, 0.1) is 42.2 Å². The third-order valence-corrected chi connectivity index (χ3v) is 9.51. The number of carbonyl (C=O) groups excluding carboxylic acids is 3. The van der Waals surface area contributed by atoms with Gasteiger partial charge in [-0.05, 0) is 61.7 Å². The van der Waals surface area contributed by atoms with E-state index in [0.717, 1.165) is 42.6 Å². The van der Waals surface area contributed by atoms with Gasteiger partial charge in [0, 0.05) is 38.4 Å². The van der Waals surface area contributed by atoms with Crippen LogP contribution in [0.2, 0.25) is 0 Å². The summed E-state index contributed by atoms with van der Waals surface area (Å²) in [5.74, 6) is 1.19. The molecule has 4 amide bonds. The summed E-state index contributed by atoms with van der Waals surface area (Å²) >= 11 is 1.25. The molecule has 3 aliphatic heterocycles. The Labute approximate surface area is 264 Å². The van der Waals surface area contributed by atoms with Gasteiger partial charge in [0.15, 0.2) is 0 Å². The second-order valence-corrected chi connectivity index (χ2v) is 12.5. The molecular weight excluding hydrogens is 592 g/mol. The molecule has 1 atom stereocenters. The zero-order valence-corrected chi connectivity index (χ0v) is 25.8. The Kier molecular flexibility index (Phi) is 8.09. The van der Waals surface area contributed by atoms with Crippen LogP contribution in [0.1, 0.15) is 28.1 Å². The molecule has 11 nitrogen and oxygen atoms in total. The number of morpholine rings is 1. The quantitative estimate of drug-likeness (QED) is 0.292. The average Bonchev–Trinajstić information content (AvgIpc) is 3.42. The molecule has 2 N–H and O–H groups in total.